The largest absolute Gasteiger partial charge is 0.382 e. The molecule has 0 saturated carbocycles. The van der Waals surface area contributed by atoms with E-state index in [0.717, 1.165) is 10.7 Å². The summed E-state index contributed by atoms with van der Waals surface area (Å²) in [5.74, 6) is 0.919. The first-order chi connectivity index (χ1) is 11.2. The summed E-state index contributed by atoms with van der Waals surface area (Å²) < 4.78 is 1.93. The zero-order valence-electron chi connectivity index (χ0n) is 11.9. The van der Waals surface area contributed by atoms with Gasteiger partial charge in [-0.25, -0.2) is 9.97 Å². The second kappa shape index (κ2) is 6.60. The molecule has 0 saturated heterocycles. The molecule has 0 radical (unpaired) electrons. The number of nitrogens with zero attached hydrogens (tertiary/aromatic N) is 6. The highest BCUT2D eigenvalue weighted by molar-refractivity contribution is 7.99. The van der Waals surface area contributed by atoms with Crippen LogP contribution in [0.2, 0.25) is 0 Å². The SMILES string of the molecule is C=CCn1c(Sc2ncc(C#N)c(N)n2)nnc1-c1cccs1. The highest BCUT2D eigenvalue weighted by atomic mass is 32.2. The molecule has 9 heteroatoms. The number of thiophene rings is 1. The van der Waals surface area contributed by atoms with E-state index in [1.54, 1.807) is 17.4 Å². The molecule has 0 spiro atoms. The minimum atomic E-state index is 0.151. The first kappa shape index (κ1) is 15.2. The van der Waals surface area contributed by atoms with Crippen molar-refractivity contribution < 1.29 is 0 Å². The molecule has 0 aliphatic carbocycles. The van der Waals surface area contributed by atoms with Gasteiger partial charge in [-0.15, -0.1) is 28.1 Å². The van der Waals surface area contributed by atoms with E-state index < -0.39 is 0 Å². The van der Waals surface area contributed by atoms with E-state index in [2.05, 4.69) is 26.7 Å². The van der Waals surface area contributed by atoms with Crippen molar-refractivity contribution in [2.24, 2.45) is 0 Å². The van der Waals surface area contributed by atoms with Gasteiger partial charge in [-0.3, -0.25) is 4.57 Å². The Bertz CT molecular complexity index is 877. The fourth-order valence-electron chi connectivity index (χ4n) is 1.84. The summed E-state index contributed by atoms with van der Waals surface area (Å²) in [7, 11) is 0. The van der Waals surface area contributed by atoms with Gasteiger partial charge in [-0.1, -0.05) is 12.1 Å². The number of nitrogen functional groups attached to an aromatic ring is 1. The summed E-state index contributed by atoms with van der Waals surface area (Å²) in [5, 5.41) is 20.4. The van der Waals surface area contributed by atoms with Crippen molar-refractivity contribution >= 4 is 28.9 Å². The maximum atomic E-state index is 8.87. The van der Waals surface area contributed by atoms with Gasteiger partial charge in [0.25, 0.3) is 0 Å². The molecule has 114 valence electrons. The molecule has 23 heavy (non-hydrogen) atoms. The Morgan fingerprint density at radius 2 is 2.35 bits per heavy atom. The van der Waals surface area contributed by atoms with E-state index in [4.69, 9.17) is 11.0 Å². The maximum Gasteiger partial charge on any atom is 0.199 e. The van der Waals surface area contributed by atoms with Crippen LogP contribution in [-0.2, 0) is 6.54 Å². The van der Waals surface area contributed by atoms with Crippen LogP contribution < -0.4 is 5.73 Å². The van der Waals surface area contributed by atoms with E-state index >= 15 is 0 Å². The van der Waals surface area contributed by atoms with Crippen LogP contribution in [0.15, 0.2) is 46.7 Å². The number of hydrogen-bond donors (Lipinski definition) is 1. The monoisotopic (exact) mass is 341 g/mol. The van der Waals surface area contributed by atoms with Crippen molar-refractivity contribution in [2.45, 2.75) is 16.9 Å². The summed E-state index contributed by atoms with van der Waals surface area (Å²) >= 11 is 2.83. The summed E-state index contributed by atoms with van der Waals surface area (Å²) in [4.78, 5) is 9.26. The fraction of sp³-hybridized carbons (Fsp3) is 0.0714. The Kier molecular flexibility index (Phi) is 4.36. The van der Waals surface area contributed by atoms with Gasteiger partial charge < -0.3 is 5.73 Å². The van der Waals surface area contributed by atoms with Gasteiger partial charge in [0.05, 0.1) is 11.1 Å². The van der Waals surface area contributed by atoms with Crippen LogP contribution in [0, 0.1) is 11.3 Å². The van der Waals surface area contributed by atoms with E-state index in [1.165, 1.54) is 18.0 Å². The van der Waals surface area contributed by atoms with Gasteiger partial charge >= 0.3 is 0 Å². The Hall–Kier alpha value is -2.70. The average molecular weight is 341 g/mol. The number of anilines is 1. The van der Waals surface area contributed by atoms with E-state index in [1.807, 2.05) is 28.1 Å². The van der Waals surface area contributed by atoms with Crippen molar-refractivity contribution in [2.75, 3.05) is 5.73 Å². The van der Waals surface area contributed by atoms with E-state index in [9.17, 15) is 0 Å². The lowest BCUT2D eigenvalue weighted by Crippen LogP contribution is -2.02. The molecule has 3 aromatic heterocycles. The molecule has 0 bridgehead atoms. The predicted molar refractivity (Wildman–Crippen MR) is 88.8 cm³/mol. The molecule has 0 amide bonds. The standard InChI is InChI=1S/C14H11N7S2/c1-2-5-21-12(10-4-3-6-22-10)19-20-14(21)23-13-17-8-9(7-15)11(16)18-13/h2-4,6,8H,1,5H2,(H2,16,17,18). The zero-order valence-corrected chi connectivity index (χ0v) is 13.5. The van der Waals surface area contributed by atoms with Gasteiger partial charge in [0.2, 0.25) is 0 Å². The van der Waals surface area contributed by atoms with Crippen LogP contribution in [0.4, 0.5) is 5.82 Å². The lowest BCUT2D eigenvalue weighted by atomic mass is 10.3. The first-order valence-corrected chi connectivity index (χ1v) is 8.21. The van der Waals surface area contributed by atoms with Gasteiger partial charge in [0, 0.05) is 6.54 Å². The fourth-order valence-corrected chi connectivity index (χ4v) is 3.32. The highest BCUT2D eigenvalue weighted by Gasteiger charge is 2.16. The summed E-state index contributed by atoms with van der Waals surface area (Å²) in [5.41, 5.74) is 5.97. The second-order valence-corrected chi connectivity index (χ2v) is 6.23. The Labute approximate surface area is 140 Å². The summed E-state index contributed by atoms with van der Waals surface area (Å²) in [6, 6.07) is 5.88. The van der Waals surface area contributed by atoms with Gasteiger partial charge in [-0.2, -0.15) is 5.26 Å². The predicted octanol–water partition coefficient (Wildman–Crippen LogP) is 2.59. The Morgan fingerprint density at radius 1 is 1.48 bits per heavy atom. The molecule has 3 heterocycles. The third-order valence-electron chi connectivity index (χ3n) is 2.87. The lowest BCUT2D eigenvalue weighted by molar-refractivity contribution is 0.729. The number of allylic oxidation sites excluding steroid dienone is 1. The number of nitriles is 1. The summed E-state index contributed by atoms with van der Waals surface area (Å²) in [6.45, 7) is 4.34. The van der Waals surface area contributed by atoms with Crippen molar-refractivity contribution in [3.05, 3.63) is 41.9 Å². The molecule has 0 aliphatic heterocycles. The number of rotatable bonds is 5. The van der Waals surface area contributed by atoms with Crippen LogP contribution in [0.1, 0.15) is 5.56 Å². The highest BCUT2D eigenvalue weighted by Crippen LogP contribution is 2.30. The van der Waals surface area contributed by atoms with Gasteiger partial charge in [0.1, 0.15) is 17.5 Å². The first-order valence-electron chi connectivity index (χ1n) is 6.51. The van der Waals surface area contributed by atoms with Crippen LogP contribution in [0.5, 0.6) is 0 Å². The molecule has 0 atom stereocenters. The average Bonchev–Trinajstić information content (AvgIpc) is 3.18. The smallest absolute Gasteiger partial charge is 0.199 e. The molecule has 0 aromatic carbocycles. The van der Waals surface area contributed by atoms with Crippen molar-refractivity contribution in [3.8, 4) is 16.8 Å². The molecule has 0 unspecified atom stereocenters. The Morgan fingerprint density at radius 3 is 3.00 bits per heavy atom. The normalized spacial score (nSPS) is 10.4. The number of hydrogen-bond acceptors (Lipinski definition) is 8. The zero-order chi connectivity index (χ0) is 16.2. The third-order valence-corrected chi connectivity index (χ3v) is 4.60. The summed E-state index contributed by atoms with van der Waals surface area (Å²) in [6.07, 6.45) is 3.18. The van der Waals surface area contributed by atoms with Crippen LogP contribution in [-0.4, -0.2) is 24.7 Å². The minimum Gasteiger partial charge on any atom is -0.382 e. The van der Waals surface area contributed by atoms with Crippen LogP contribution in [0.3, 0.4) is 0 Å². The lowest BCUT2D eigenvalue weighted by Gasteiger charge is -2.06. The van der Waals surface area contributed by atoms with Gasteiger partial charge in [0.15, 0.2) is 16.1 Å². The molecule has 3 aromatic rings. The van der Waals surface area contributed by atoms with Crippen molar-refractivity contribution in [1.82, 2.24) is 24.7 Å². The van der Waals surface area contributed by atoms with Gasteiger partial charge in [-0.05, 0) is 23.2 Å². The van der Waals surface area contributed by atoms with Crippen molar-refractivity contribution in [1.29, 1.82) is 5.26 Å². The molecular formula is C14H11N7S2. The Balaban J connectivity index is 1.96. The maximum absolute atomic E-state index is 8.87. The molecule has 7 nitrogen and oxygen atoms in total. The topological polar surface area (TPSA) is 106 Å². The van der Waals surface area contributed by atoms with E-state index in [0.29, 0.717) is 16.9 Å². The minimum absolute atomic E-state index is 0.151. The molecule has 0 aliphatic rings. The quantitative estimate of drug-likeness (QED) is 0.561. The van der Waals surface area contributed by atoms with Crippen molar-refractivity contribution in [3.63, 3.8) is 0 Å². The molecular weight excluding hydrogens is 330 g/mol. The van der Waals surface area contributed by atoms with Crippen LogP contribution >= 0.6 is 23.1 Å². The van der Waals surface area contributed by atoms with Crippen LogP contribution in [0.25, 0.3) is 10.7 Å². The molecule has 2 N–H and O–H groups in total. The third kappa shape index (κ3) is 3.08. The number of nitrogens with two attached hydrogens (primary N) is 1. The number of aromatic nitrogens is 5. The molecule has 3 rings (SSSR count). The molecule has 0 fully saturated rings. The van der Waals surface area contributed by atoms with E-state index in [-0.39, 0.29) is 11.4 Å². The second-order valence-electron chi connectivity index (χ2n) is 4.35.